The first kappa shape index (κ1) is 16.2. The molecule has 1 N–H and O–H groups in total. The summed E-state index contributed by atoms with van der Waals surface area (Å²) in [6.45, 7) is 11.3. The van der Waals surface area contributed by atoms with E-state index in [-0.39, 0.29) is 0 Å². The summed E-state index contributed by atoms with van der Waals surface area (Å²) in [6, 6.07) is 9.23. The fraction of sp³-hybridized carbons (Fsp3) is 0.647. The molecule has 2 heteroatoms. The first-order chi connectivity index (χ1) is 9.17. The van der Waals surface area contributed by atoms with Crippen molar-refractivity contribution in [3.63, 3.8) is 0 Å². The molecule has 0 saturated carbocycles. The Morgan fingerprint density at radius 1 is 1.21 bits per heavy atom. The Balaban J connectivity index is 2.75. The summed E-state index contributed by atoms with van der Waals surface area (Å²) >= 11 is 0. The Kier molecular flexibility index (Phi) is 7.76. The predicted octanol–water partition coefficient (Wildman–Crippen LogP) is 3.96. The van der Waals surface area contributed by atoms with Gasteiger partial charge in [0.15, 0.2) is 0 Å². The van der Waals surface area contributed by atoms with Crippen molar-refractivity contribution in [3.05, 3.63) is 35.4 Å². The van der Waals surface area contributed by atoms with Crippen molar-refractivity contribution in [2.45, 2.75) is 46.6 Å². The molecular weight excluding hydrogens is 234 g/mol. The van der Waals surface area contributed by atoms with Crippen LogP contribution in [0.2, 0.25) is 0 Å². The van der Waals surface area contributed by atoms with Crippen LogP contribution in [-0.2, 0) is 11.2 Å². The summed E-state index contributed by atoms with van der Waals surface area (Å²) in [5.41, 5.74) is 2.77. The van der Waals surface area contributed by atoms with Gasteiger partial charge in [0.25, 0.3) is 0 Å². The van der Waals surface area contributed by atoms with Gasteiger partial charge >= 0.3 is 0 Å². The summed E-state index contributed by atoms with van der Waals surface area (Å²) in [6.07, 6.45) is 2.29. The number of hydrogen-bond donors (Lipinski definition) is 1. The van der Waals surface area contributed by atoms with E-state index in [1.165, 1.54) is 11.1 Å². The SMILES string of the molecule is CCCNC(COCC)c1cccc(CC(C)C)c1. The van der Waals surface area contributed by atoms with Crippen molar-refractivity contribution in [2.24, 2.45) is 5.92 Å². The van der Waals surface area contributed by atoms with Crippen LogP contribution in [0.3, 0.4) is 0 Å². The van der Waals surface area contributed by atoms with Gasteiger partial charge in [0.05, 0.1) is 12.6 Å². The van der Waals surface area contributed by atoms with Crippen molar-refractivity contribution in [1.82, 2.24) is 5.32 Å². The van der Waals surface area contributed by atoms with Gasteiger partial charge in [-0.3, -0.25) is 0 Å². The maximum atomic E-state index is 5.61. The number of hydrogen-bond acceptors (Lipinski definition) is 2. The monoisotopic (exact) mass is 263 g/mol. The lowest BCUT2D eigenvalue weighted by atomic mass is 9.98. The molecule has 0 radical (unpaired) electrons. The maximum Gasteiger partial charge on any atom is 0.0661 e. The minimum Gasteiger partial charge on any atom is -0.380 e. The quantitative estimate of drug-likeness (QED) is 0.728. The van der Waals surface area contributed by atoms with Crippen LogP contribution in [0.15, 0.2) is 24.3 Å². The number of benzene rings is 1. The van der Waals surface area contributed by atoms with Crippen molar-refractivity contribution in [3.8, 4) is 0 Å². The molecule has 108 valence electrons. The van der Waals surface area contributed by atoms with Gasteiger partial charge in [-0.2, -0.15) is 0 Å². The zero-order valence-corrected chi connectivity index (χ0v) is 12.9. The average Bonchev–Trinajstić information content (AvgIpc) is 2.38. The first-order valence-corrected chi connectivity index (χ1v) is 7.57. The van der Waals surface area contributed by atoms with Gasteiger partial charge in [-0.25, -0.2) is 0 Å². The lowest BCUT2D eigenvalue weighted by Crippen LogP contribution is -2.26. The highest BCUT2D eigenvalue weighted by Gasteiger charge is 2.11. The number of ether oxygens (including phenoxy) is 1. The minimum atomic E-state index is 0.312. The van der Waals surface area contributed by atoms with Crippen LogP contribution in [0, 0.1) is 5.92 Å². The molecule has 0 amide bonds. The molecule has 0 aliphatic rings. The number of nitrogens with one attached hydrogen (secondary N) is 1. The molecule has 0 saturated heterocycles. The molecule has 0 aliphatic carbocycles. The summed E-state index contributed by atoms with van der Waals surface area (Å²) in [4.78, 5) is 0. The third-order valence-electron chi connectivity index (χ3n) is 3.13. The third-order valence-corrected chi connectivity index (χ3v) is 3.13. The van der Waals surface area contributed by atoms with Crippen molar-refractivity contribution < 1.29 is 4.74 Å². The highest BCUT2D eigenvalue weighted by Crippen LogP contribution is 2.17. The molecule has 0 aromatic heterocycles. The van der Waals surface area contributed by atoms with E-state index in [1.807, 2.05) is 6.92 Å². The van der Waals surface area contributed by atoms with Crippen LogP contribution in [0.5, 0.6) is 0 Å². The summed E-state index contributed by atoms with van der Waals surface area (Å²) in [7, 11) is 0. The van der Waals surface area contributed by atoms with Gasteiger partial charge in [0, 0.05) is 6.61 Å². The van der Waals surface area contributed by atoms with Crippen LogP contribution < -0.4 is 5.32 Å². The molecule has 1 atom stereocenters. The highest BCUT2D eigenvalue weighted by atomic mass is 16.5. The second-order valence-corrected chi connectivity index (χ2v) is 5.51. The lowest BCUT2D eigenvalue weighted by Gasteiger charge is -2.20. The van der Waals surface area contributed by atoms with Gasteiger partial charge in [-0.05, 0) is 43.4 Å². The summed E-state index contributed by atoms with van der Waals surface area (Å²) < 4.78 is 5.61. The van der Waals surface area contributed by atoms with E-state index in [0.29, 0.717) is 12.0 Å². The van der Waals surface area contributed by atoms with E-state index in [0.717, 1.165) is 32.6 Å². The van der Waals surface area contributed by atoms with Crippen LogP contribution in [0.25, 0.3) is 0 Å². The molecular formula is C17H29NO. The molecule has 19 heavy (non-hydrogen) atoms. The maximum absolute atomic E-state index is 5.61. The fourth-order valence-electron chi connectivity index (χ4n) is 2.24. The van der Waals surface area contributed by atoms with Crippen LogP contribution in [0.4, 0.5) is 0 Å². The van der Waals surface area contributed by atoms with E-state index in [2.05, 4.69) is 50.4 Å². The smallest absolute Gasteiger partial charge is 0.0661 e. The average molecular weight is 263 g/mol. The first-order valence-electron chi connectivity index (χ1n) is 7.57. The summed E-state index contributed by atoms with van der Waals surface area (Å²) in [5.74, 6) is 0.698. The Morgan fingerprint density at radius 3 is 2.63 bits per heavy atom. The summed E-state index contributed by atoms with van der Waals surface area (Å²) in [5, 5.41) is 3.58. The van der Waals surface area contributed by atoms with Crippen LogP contribution in [-0.4, -0.2) is 19.8 Å². The highest BCUT2D eigenvalue weighted by molar-refractivity contribution is 5.26. The van der Waals surface area contributed by atoms with Gasteiger partial charge in [-0.1, -0.05) is 45.0 Å². The van der Waals surface area contributed by atoms with E-state index in [1.54, 1.807) is 0 Å². The topological polar surface area (TPSA) is 21.3 Å². The Labute approximate surface area is 118 Å². The normalized spacial score (nSPS) is 12.9. The third kappa shape index (κ3) is 6.22. The van der Waals surface area contributed by atoms with Gasteiger partial charge < -0.3 is 10.1 Å². The molecule has 0 heterocycles. The van der Waals surface area contributed by atoms with Crippen LogP contribution in [0.1, 0.15) is 51.3 Å². The molecule has 1 aromatic carbocycles. The van der Waals surface area contributed by atoms with Crippen molar-refractivity contribution in [2.75, 3.05) is 19.8 Å². The van der Waals surface area contributed by atoms with E-state index < -0.39 is 0 Å². The van der Waals surface area contributed by atoms with Crippen molar-refractivity contribution >= 4 is 0 Å². The predicted molar refractivity (Wildman–Crippen MR) is 82.5 cm³/mol. The largest absolute Gasteiger partial charge is 0.380 e. The second-order valence-electron chi connectivity index (χ2n) is 5.51. The molecule has 1 unspecified atom stereocenters. The molecule has 0 bridgehead atoms. The van der Waals surface area contributed by atoms with E-state index in [9.17, 15) is 0 Å². The molecule has 2 nitrogen and oxygen atoms in total. The lowest BCUT2D eigenvalue weighted by molar-refractivity contribution is 0.123. The van der Waals surface area contributed by atoms with Gasteiger partial charge in [0.1, 0.15) is 0 Å². The molecule has 1 aromatic rings. The standard InChI is InChI=1S/C17H29NO/c1-5-10-18-17(13-19-6-2)16-9-7-8-15(12-16)11-14(3)4/h7-9,12,14,17-18H,5-6,10-11,13H2,1-4H3. The minimum absolute atomic E-state index is 0.312. The van der Waals surface area contributed by atoms with E-state index >= 15 is 0 Å². The van der Waals surface area contributed by atoms with Crippen molar-refractivity contribution in [1.29, 1.82) is 0 Å². The van der Waals surface area contributed by atoms with Gasteiger partial charge in [-0.15, -0.1) is 0 Å². The van der Waals surface area contributed by atoms with Gasteiger partial charge in [0.2, 0.25) is 0 Å². The zero-order chi connectivity index (χ0) is 14.1. The van der Waals surface area contributed by atoms with E-state index in [4.69, 9.17) is 4.74 Å². The second kappa shape index (κ2) is 9.11. The zero-order valence-electron chi connectivity index (χ0n) is 12.9. The molecule has 0 fully saturated rings. The molecule has 1 rings (SSSR count). The Hall–Kier alpha value is -0.860. The fourth-order valence-corrected chi connectivity index (χ4v) is 2.24. The molecule has 0 spiro atoms. The number of rotatable bonds is 9. The molecule has 0 aliphatic heterocycles. The van der Waals surface area contributed by atoms with Crippen LogP contribution >= 0.6 is 0 Å². The Bertz CT molecular complexity index is 341. The Morgan fingerprint density at radius 2 is 2.00 bits per heavy atom.